The zero-order valence-electron chi connectivity index (χ0n) is 18.6. The first-order chi connectivity index (χ1) is 16.2. The molecule has 1 unspecified atom stereocenters. The minimum Gasteiger partial charge on any atom is -0.489 e. The number of nitrogens with zero attached hydrogens (tertiary/aromatic N) is 1. The number of carbonyl (C=O) groups is 1. The smallest absolute Gasteiger partial charge is 0.264 e. The Balaban J connectivity index is 1.48. The number of carbonyl (C=O) groups excluding carboxylic acids is 1. The van der Waals surface area contributed by atoms with Crippen LogP contribution in [0.4, 0.5) is 15.8 Å². The van der Waals surface area contributed by atoms with Gasteiger partial charge in [-0.05, 0) is 49.7 Å². The van der Waals surface area contributed by atoms with Gasteiger partial charge in [-0.3, -0.25) is 9.52 Å². The largest absolute Gasteiger partial charge is 0.489 e. The summed E-state index contributed by atoms with van der Waals surface area (Å²) in [6.07, 6.45) is 2.08. The number of hydrogen-bond acceptors (Lipinski definition) is 6. The first kappa shape index (κ1) is 23.3. The van der Waals surface area contributed by atoms with Gasteiger partial charge < -0.3 is 19.7 Å². The Hall–Kier alpha value is -2.40. The van der Waals surface area contributed by atoms with Crippen LogP contribution in [0.3, 0.4) is 0 Å². The highest BCUT2D eigenvalue weighted by Crippen LogP contribution is 2.54. The zero-order chi connectivity index (χ0) is 24.1. The maximum absolute atomic E-state index is 14.3. The monoisotopic (exact) mass is 509 g/mol. The van der Waals surface area contributed by atoms with Crippen molar-refractivity contribution in [2.45, 2.75) is 35.7 Å². The Kier molecular flexibility index (Phi) is 5.96. The number of halogens is 2. The van der Waals surface area contributed by atoms with Crippen LogP contribution in [0.2, 0.25) is 5.02 Å². The van der Waals surface area contributed by atoms with Crippen LogP contribution in [0.5, 0.6) is 5.75 Å². The number of morpholine rings is 1. The molecule has 1 saturated carbocycles. The quantitative estimate of drug-likeness (QED) is 0.620. The molecule has 3 aliphatic rings. The van der Waals surface area contributed by atoms with Crippen LogP contribution in [0, 0.1) is 5.82 Å². The molecule has 34 heavy (non-hydrogen) atoms. The summed E-state index contributed by atoms with van der Waals surface area (Å²) < 4.78 is 54.5. The molecule has 0 aromatic heterocycles. The first-order valence-corrected chi connectivity index (χ1v) is 12.9. The lowest BCUT2D eigenvalue weighted by Gasteiger charge is -2.36. The first-order valence-electron chi connectivity index (χ1n) is 11.1. The van der Waals surface area contributed by atoms with Crippen molar-refractivity contribution in [1.29, 1.82) is 0 Å². The number of amides is 1. The van der Waals surface area contributed by atoms with Crippen molar-refractivity contribution < 1.29 is 27.1 Å². The fourth-order valence-corrected chi connectivity index (χ4v) is 5.99. The van der Waals surface area contributed by atoms with Crippen LogP contribution in [0.1, 0.15) is 24.8 Å². The van der Waals surface area contributed by atoms with Crippen LogP contribution < -0.4 is 14.8 Å². The maximum Gasteiger partial charge on any atom is 0.264 e. The molecular formula is C23H25ClFN3O5S. The fourth-order valence-electron chi connectivity index (χ4n) is 4.73. The lowest BCUT2D eigenvalue weighted by atomic mass is 9.65. The number of hydrogen-bond donors (Lipinski definition) is 2. The summed E-state index contributed by atoms with van der Waals surface area (Å²) in [5, 5.41) is 3.02. The Bertz CT molecular complexity index is 1250. The number of benzene rings is 2. The summed E-state index contributed by atoms with van der Waals surface area (Å²) in [4.78, 5) is 14.4. The second kappa shape index (κ2) is 8.67. The molecule has 2 aromatic rings. The highest BCUT2D eigenvalue weighted by atomic mass is 35.5. The third-order valence-corrected chi connectivity index (χ3v) is 8.35. The van der Waals surface area contributed by atoms with E-state index in [0.29, 0.717) is 43.0 Å². The van der Waals surface area contributed by atoms with E-state index >= 15 is 0 Å². The van der Waals surface area contributed by atoms with Gasteiger partial charge in [-0.25, -0.2) is 12.8 Å². The Morgan fingerprint density at radius 2 is 2.12 bits per heavy atom. The molecule has 2 aromatic carbocycles. The number of anilines is 2. The van der Waals surface area contributed by atoms with Crippen molar-refractivity contribution >= 4 is 38.9 Å². The van der Waals surface area contributed by atoms with E-state index in [1.165, 1.54) is 12.1 Å². The van der Waals surface area contributed by atoms with Crippen LogP contribution >= 0.6 is 11.6 Å². The summed E-state index contributed by atoms with van der Waals surface area (Å²) in [6.45, 7) is 2.36. The highest BCUT2D eigenvalue weighted by Gasteiger charge is 2.52. The fraction of sp³-hybridized carbons (Fsp3) is 0.435. The molecule has 1 atom stereocenters. The molecule has 1 aliphatic carbocycles. The number of ether oxygens (including phenoxy) is 2. The van der Waals surface area contributed by atoms with Crippen LogP contribution in [-0.2, 0) is 25.0 Å². The summed E-state index contributed by atoms with van der Waals surface area (Å²) in [6, 6.07) is 6.51. The molecule has 1 amide bonds. The number of sulfonamides is 1. The van der Waals surface area contributed by atoms with Gasteiger partial charge in [-0.2, -0.15) is 0 Å². The van der Waals surface area contributed by atoms with Gasteiger partial charge in [0.05, 0.1) is 23.4 Å². The molecule has 1 saturated heterocycles. The van der Waals surface area contributed by atoms with E-state index in [1.54, 1.807) is 6.07 Å². The van der Waals surface area contributed by atoms with Crippen LogP contribution in [0.15, 0.2) is 35.2 Å². The van der Waals surface area contributed by atoms with Gasteiger partial charge in [0.1, 0.15) is 29.2 Å². The Morgan fingerprint density at radius 1 is 1.32 bits per heavy atom. The molecular weight excluding hydrogens is 485 g/mol. The van der Waals surface area contributed by atoms with Crippen molar-refractivity contribution in [3.63, 3.8) is 0 Å². The molecule has 2 heterocycles. The van der Waals surface area contributed by atoms with Gasteiger partial charge in [0.25, 0.3) is 10.0 Å². The topological polar surface area (TPSA) is 97.0 Å². The van der Waals surface area contributed by atoms with E-state index in [-0.39, 0.29) is 29.3 Å². The van der Waals surface area contributed by atoms with E-state index in [4.69, 9.17) is 21.1 Å². The van der Waals surface area contributed by atoms with Gasteiger partial charge in [0.2, 0.25) is 5.91 Å². The molecule has 1 spiro atoms. The Labute approximate surface area is 202 Å². The second-order valence-electron chi connectivity index (χ2n) is 9.03. The molecule has 182 valence electrons. The van der Waals surface area contributed by atoms with Crippen molar-refractivity contribution in [1.82, 2.24) is 4.90 Å². The summed E-state index contributed by atoms with van der Waals surface area (Å²) >= 11 is 5.76. The standard InChI is InChI=1S/C23H25ClFN3O5S/c1-28-7-8-32-16(12-28)13-33-19-11-15(10-17-21(19)26-22(29)23(17)5-2-6-23)27-34(30,31)20-4-3-14(24)9-18(20)25/h3-4,9-11,16,27H,2,5-8,12-13H2,1H3,(H,26,29). The number of nitrogens with one attached hydrogen (secondary N) is 2. The number of fused-ring (bicyclic) bond motifs is 2. The average molecular weight is 510 g/mol. The van der Waals surface area contributed by atoms with E-state index in [2.05, 4.69) is 14.9 Å². The maximum atomic E-state index is 14.3. The minimum absolute atomic E-state index is 0.0942. The normalized spacial score (nSPS) is 21.6. The number of likely N-dealkylation sites (N-methyl/N-ethyl adjacent to an activating group) is 1. The van der Waals surface area contributed by atoms with E-state index in [0.717, 1.165) is 25.1 Å². The van der Waals surface area contributed by atoms with Gasteiger partial charge in [-0.1, -0.05) is 18.0 Å². The van der Waals surface area contributed by atoms with Crippen LogP contribution in [0.25, 0.3) is 0 Å². The van der Waals surface area contributed by atoms with Crippen molar-refractivity contribution in [3.05, 3.63) is 46.7 Å². The van der Waals surface area contributed by atoms with E-state index in [1.807, 2.05) is 7.05 Å². The molecule has 11 heteroatoms. The average Bonchev–Trinajstić information content (AvgIpc) is 3.03. The van der Waals surface area contributed by atoms with Gasteiger partial charge in [0.15, 0.2) is 0 Å². The predicted molar refractivity (Wildman–Crippen MR) is 126 cm³/mol. The lowest BCUT2D eigenvalue weighted by molar-refractivity contribution is -0.123. The summed E-state index contributed by atoms with van der Waals surface area (Å²) in [5.41, 5.74) is 0.737. The van der Waals surface area contributed by atoms with E-state index in [9.17, 15) is 17.6 Å². The molecule has 0 radical (unpaired) electrons. The third kappa shape index (κ3) is 4.13. The summed E-state index contributed by atoms with van der Waals surface area (Å²) in [7, 11) is -2.25. The molecule has 8 nitrogen and oxygen atoms in total. The summed E-state index contributed by atoms with van der Waals surface area (Å²) in [5.74, 6) is -0.722. The SMILES string of the molecule is CN1CCOC(COc2cc(NS(=O)(=O)c3ccc(Cl)cc3F)cc3c2NC(=O)C32CCC2)C1. The molecule has 5 rings (SSSR count). The second-order valence-corrected chi connectivity index (χ2v) is 11.1. The minimum atomic E-state index is -4.25. The number of rotatable bonds is 6. The van der Waals surface area contributed by atoms with Crippen molar-refractivity contribution in [2.75, 3.05) is 43.4 Å². The third-order valence-electron chi connectivity index (χ3n) is 6.70. The molecule has 2 fully saturated rings. The predicted octanol–water partition coefficient (Wildman–Crippen LogP) is 3.36. The van der Waals surface area contributed by atoms with Crippen molar-refractivity contribution in [3.8, 4) is 5.75 Å². The van der Waals surface area contributed by atoms with Gasteiger partial charge >= 0.3 is 0 Å². The molecule has 2 aliphatic heterocycles. The zero-order valence-corrected chi connectivity index (χ0v) is 20.1. The molecule has 2 N–H and O–H groups in total. The van der Waals surface area contributed by atoms with Gasteiger partial charge in [0, 0.05) is 24.2 Å². The lowest BCUT2D eigenvalue weighted by Crippen LogP contribution is -2.42. The van der Waals surface area contributed by atoms with E-state index < -0.39 is 26.2 Å². The molecule has 0 bridgehead atoms. The van der Waals surface area contributed by atoms with Gasteiger partial charge in [-0.15, -0.1) is 0 Å². The highest BCUT2D eigenvalue weighted by molar-refractivity contribution is 7.92. The van der Waals surface area contributed by atoms with Crippen molar-refractivity contribution in [2.24, 2.45) is 0 Å². The Morgan fingerprint density at radius 3 is 2.79 bits per heavy atom. The van der Waals surface area contributed by atoms with Crippen LogP contribution in [-0.4, -0.2) is 58.7 Å².